The van der Waals surface area contributed by atoms with Crippen LogP contribution in [0.2, 0.25) is 0 Å². The lowest BCUT2D eigenvalue weighted by atomic mass is 10.1. The van der Waals surface area contributed by atoms with Gasteiger partial charge in [0, 0.05) is 37.3 Å². The number of nitrogens with two attached hydrogens (primary N) is 1. The Morgan fingerprint density at radius 2 is 1.73 bits per heavy atom. The van der Waals surface area contributed by atoms with E-state index in [0.717, 1.165) is 36.0 Å². The second-order valence-corrected chi connectivity index (χ2v) is 12.1. The van der Waals surface area contributed by atoms with Crippen LogP contribution in [0.1, 0.15) is 31.3 Å². The topological polar surface area (TPSA) is 171 Å². The van der Waals surface area contributed by atoms with Crippen LogP contribution < -0.4 is 21.9 Å². The van der Waals surface area contributed by atoms with Gasteiger partial charge in [-0.2, -0.15) is 13.4 Å². The molecule has 4 heterocycles. The highest BCUT2D eigenvalue weighted by Crippen LogP contribution is 2.23. The van der Waals surface area contributed by atoms with Gasteiger partial charge in [0.05, 0.1) is 23.5 Å². The molecule has 0 saturated carbocycles. The molecule has 0 bridgehead atoms. The molecule has 1 saturated heterocycles. The summed E-state index contributed by atoms with van der Waals surface area (Å²) in [4.78, 5) is 42.9. The first-order chi connectivity index (χ1) is 21.5. The third kappa shape index (κ3) is 6.65. The molecular weight excluding hydrogens is 596 g/mol. The second-order valence-electron chi connectivity index (χ2n) is 10.7. The summed E-state index contributed by atoms with van der Waals surface area (Å²) in [5.41, 5.74) is 7.54. The van der Waals surface area contributed by atoms with E-state index in [1.54, 1.807) is 36.7 Å². The predicted molar refractivity (Wildman–Crippen MR) is 172 cm³/mol. The van der Waals surface area contributed by atoms with Gasteiger partial charge in [-0.25, -0.2) is 14.8 Å². The minimum atomic E-state index is -4.00. The number of anilines is 1. The smallest absolute Gasteiger partial charge is 0.332 e. The summed E-state index contributed by atoms with van der Waals surface area (Å²) in [5.74, 6) is 6.96. The Labute approximate surface area is 259 Å². The quantitative estimate of drug-likeness (QED) is 0.216. The normalized spacial score (nSPS) is 15.0. The molecule has 0 aliphatic carbocycles. The van der Waals surface area contributed by atoms with Gasteiger partial charge in [-0.15, -0.1) is 5.92 Å². The van der Waals surface area contributed by atoms with Crippen LogP contribution in [0.4, 0.5) is 5.95 Å². The van der Waals surface area contributed by atoms with Gasteiger partial charge in [-0.1, -0.05) is 42.3 Å². The number of piperidine rings is 1. The molecule has 0 spiro atoms. The maximum absolute atomic E-state index is 13.7. The maximum atomic E-state index is 13.7. The molecule has 45 heavy (non-hydrogen) atoms. The van der Waals surface area contributed by atoms with Crippen LogP contribution in [0, 0.1) is 18.8 Å². The van der Waals surface area contributed by atoms with E-state index in [2.05, 4.69) is 26.7 Å². The van der Waals surface area contributed by atoms with Crippen LogP contribution in [-0.2, 0) is 30.3 Å². The number of para-hydroxylation sites is 1. The lowest BCUT2D eigenvalue weighted by Crippen LogP contribution is -2.44. The van der Waals surface area contributed by atoms with Gasteiger partial charge < -0.3 is 10.6 Å². The van der Waals surface area contributed by atoms with Crippen molar-refractivity contribution in [3.8, 4) is 11.8 Å². The predicted octanol–water partition coefficient (Wildman–Crippen LogP) is 2.08. The van der Waals surface area contributed by atoms with E-state index in [4.69, 9.17) is 15.3 Å². The summed E-state index contributed by atoms with van der Waals surface area (Å²) < 4.78 is 33.6. The number of benzene rings is 2. The summed E-state index contributed by atoms with van der Waals surface area (Å²) in [6, 6.07) is 15.1. The fraction of sp³-hybridized carbons (Fsp3) is 0.323. The summed E-state index contributed by atoms with van der Waals surface area (Å²) >= 11 is 0. The summed E-state index contributed by atoms with van der Waals surface area (Å²) in [7, 11) is -2.38. The molecule has 0 radical (unpaired) electrons. The van der Waals surface area contributed by atoms with Crippen LogP contribution in [0.25, 0.3) is 22.1 Å². The molecular formula is C31H34N8O5S. The molecule has 3 aromatic heterocycles. The van der Waals surface area contributed by atoms with Crippen molar-refractivity contribution in [3.05, 3.63) is 87.0 Å². The SMILES string of the molecule is CC#CCn1c(N2CCC[C@@H](N)C2)nc2c1c(=O)n(Cc1nc(C)c3ccccc3n1)c(=O)n2C.O=S(=O)(O)c1ccccc1. The molecule has 2 aromatic carbocycles. The van der Waals surface area contributed by atoms with E-state index in [9.17, 15) is 18.0 Å². The minimum Gasteiger partial charge on any atom is -0.341 e. The highest BCUT2D eigenvalue weighted by atomic mass is 32.2. The monoisotopic (exact) mass is 630 g/mol. The fourth-order valence-electron chi connectivity index (χ4n) is 5.34. The third-order valence-electron chi connectivity index (χ3n) is 7.55. The van der Waals surface area contributed by atoms with Gasteiger partial charge in [0.25, 0.3) is 15.7 Å². The zero-order valence-electron chi connectivity index (χ0n) is 25.2. The number of imidazole rings is 1. The summed E-state index contributed by atoms with van der Waals surface area (Å²) in [6.45, 7) is 5.31. The summed E-state index contributed by atoms with van der Waals surface area (Å²) in [5, 5.41) is 0.938. The van der Waals surface area contributed by atoms with E-state index in [0.29, 0.717) is 29.5 Å². The van der Waals surface area contributed by atoms with Gasteiger partial charge >= 0.3 is 5.69 Å². The van der Waals surface area contributed by atoms with Gasteiger partial charge in [0.2, 0.25) is 5.95 Å². The van der Waals surface area contributed by atoms with E-state index < -0.39 is 21.4 Å². The number of hydrogen-bond acceptors (Lipinski definition) is 9. The molecule has 1 aliphatic rings. The first kappa shape index (κ1) is 31.6. The molecule has 1 atom stereocenters. The van der Waals surface area contributed by atoms with Gasteiger partial charge in [-0.05, 0) is 44.9 Å². The van der Waals surface area contributed by atoms with E-state index in [1.807, 2.05) is 31.2 Å². The Kier molecular flexibility index (Phi) is 9.14. The molecule has 14 heteroatoms. The van der Waals surface area contributed by atoms with Crippen molar-refractivity contribution in [1.29, 1.82) is 0 Å². The Bertz CT molecular complexity index is 2160. The molecule has 0 unspecified atom stereocenters. The van der Waals surface area contributed by atoms with Gasteiger partial charge in [0.1, 0.15) is 5.82 Å². The molecule has 234 valence electrons. The van der Waals surface area contributed by atoms with Crippen molar-refractivity contribution in [2.24, 2.45) is 12.8 Å². The standard InChI is InChI=1S/C25H28N8O2.C6H6O3S/c1-4-5-13-32-21-22(29-24(32)31-12-8-9-17(26)14-31)30(3)25(35)33(23(21)34)15-20-27-16(2)18-10-6-7-11-19(18)28-20;7-10(8,9)6-4-2-1-3-5-6/h6-7,10-11,17H,8-9,12-15,26H2,1-3H3;1-5H,(H,7,8,9)/t17-;/m1./s1. The largest absolute Gasteiger partial charge is 0.341 e. The Hall–Kier alpha value is -4.84. The van der Waals surface area contributed by atoms with Crippen molar-refractivity contribution in [1.82, 2.24) is 28.7 Å². The first-order valence-electron chi connectivity index (χ1n) is 14.3. The van der Waals surface area contributed by atoms with E-state index in [-0.39, 0.29) is 24.0 Å². The molecule has 3 N–H and O–H groups in total. The van der Waals surface area contributed by atoms with E-state index >= 15 is 0 Å². The Balaban J connectivity index is 0.000000342. The zero-order valence-corrected chi connectivity index (χ0v) is 26.0. The Morgan fingerprint density at radius 3 is 2.40 bits per heavy atom. The first-order valence-corrected chi connectivity index (χ1v) is 15.8. The van der Waals surface area contributed by atoms with Crippen LogP contribution in [0.15, 0.2) is 69.1 Å². The zero-order chi connectivity index (χ0) is 32.3. The third-order valence-corrected chi connectivity index (χ3v) is 8.42. The highest BCUT2D eigenvalue weighted by molar-refractivity contribution is 7.85. The molecule has 13 nitrogen and oxygen atoms in total. The van der Waals surface area contributed by atoms with Gasteiger partial charge in [0.15, 0.2) is 11.2 Å². The molecule has 5 aromatic rings. The molecule has 6 rings (SSSR count). The van der Waals surface area contributed by atoms with Crippen molar-refractivity contribution >= 4 is 38.1 Å². The van der Waals surface area contributed by atoms with Crippen molar-refractivity contribution in [3.63, 3.8) is 0 Å². The molecule has 1 fully saturated rings. The molecule has 1 aliphatic heterocycles. The highest BCUT2D eigenvalue weighted by Gasteiger charge is 2.26. The van der Waals surface area contributed by atoms with Crippen LogP contribution >= 0.6 is 0 Å². The number of nitrogens with zero attached hydrogens (tertiary/aromatic N) is 7. The maximum Gasteiger partial charge on any atom is 0.332 e. The van der Waals surface area contributed by atoms with Crippen LogP contribution in [-0.4, -0.2) is 60.8 Å². The number of fused-ring (bicyclic) bond motifs is 2. The summed E-state index contributed by atoms with van der Waals surface area (Å²) in [6.07, 6.45) is 1.88. The number of rotatable bonds is 5. The minimum absolute atomic E-state index is 0.0306. The fourth-order valence-corrected chi connectivity index (χ4v) is 5.84. The Morgan fingerprint density at radius 1 is 1.02 bits per heavy atom. The lowest BCUT2D eigenvalue weighted by Gasteiger charge is -2.31. The van der Waals surface area contributed by atoms with Crippen molar-refractivity contribution in [2.45, 2.75) is 50.7 Å². The lowest BCUT2D eigenvalue weighted by molar-refractivity contribution is 0.483. The van der Waals surface area contributed by atoms with E-state index in [1.165, 1.54) is 21.3 Å². The van der Waals surface area contributed by atoms with Gasteiger partial charge in [-0.3, -0.25) is 23.0 Å². The van der Waals surface area contributed by atoms with Crippen molar-refractivity contribution in [2.75, 3.05) is 18.0 Å². The average molecular weight is 631 g/mol. The van der Waals surface area contributed by atoms with Crippen molar-refractivity contribution < 1.29 is 13.0 Å². The number of aromatic nitrogens is 6. The van der Waals surface area contributed by atoms with Crippen LogP contribution in [0.3, 0.4) is 0 Å². The number of hydrogen-bond donors (Lipinski definition) is 2. The second kappa shape index (κ2) is 13.0. The average Bonchev–Trinajstić information content (AvgIpc) is 3.41. The molecule has 0 amide bonds. The van der Waals surface area contributed by atoms with Crippen LogP contribution in [0.5, 0.6) is 0 Å². The number of aryl methyl sites for hydroxylation is 2.